The minimum atomic E-state index is -0.785. The van der Waals surface area contributed by atoms with Gasteiger partial charge in [-0.3, -0.25) is 14.4 Å². The molecule has 0 aromatic rings. The largest absolute Gasteiger partial charge is 0.481 e. The van der Waals surface area contributed by atoms with Gasteiger partial charge in [0.25, 0.3) is 0 Å². The molecule has 0 heterocycles. The molecule has 0 saturated heterocycles. The Morgan fingerprint density at radius 2 is 1.86 bits per heavy atom. The van der Waals surface area contributed by atoms with Crippen molar-refractivity contribution in [1.29, 1.82) is 0 Å². The van der Waals surface area contributed by atoms with E-state index in [0.29, 0.717) is 37.2 Å². The second-order valence-electron chi connectivity index (χ2n) is 11.0. The van der Waals surface area contributed by atoms with Crippen LogP contribution < -0.4 is 0 Å². The van der Waals surface area contributed by atoms with Crippen LogP contribution in [-0.4, -0.2) is 33.9 Å². The summed E-state index contributed by atoms with van der Waals surface area (Å²) in [7, 11) is 0. The molecule has 4 aliphatic carbocycles. The lowest BCUT2D eigenvalue weighted by Crippen LogP contribution is -2.60. The monoisotopic (exact) mass is 404 g/mol. The number of aliphatic carboxylic acids is 1. The molecule has 0 aliphatic heterocycles. The molecule has 0 radical (unpaired) electrons. The van der Waals surface area contributed by atoms with E-state index in [4.69, 9.17) is 5.11 Å². The third kappa shape index (κ3) is 3.10. The number of carbonyl (C=O) groups excluding carboxylic acids is 2. The van der Waals surface area contributed by atoms with E-state index in [1.807, 2.05) is 0 Å². The van der Waals surface area contributed by atoms with E-state index in [1.54, 1.807) is 0 Å². The highest BCUT2D eigenvalue weighted by atomic mass is 16.4. The van der Waals surface area contributed by atoms with Gasteiger partial charge in [-0.25, -0.2) is 0 Å². The summed E-state index contributed by atoms with van der Waals surface area (Å²) in [6, 6.07) is 0. The Balaban J connectivity index is 1.62. The lowest BCUT2D eigenvalue weighted by Gasteiger charge is -2.59. The molecule has 0 spiro atoms. The predicted molar refractivity (Wildman–Crippen MR) is 108 cm³/mol. The zero-order chi connectivity index (χ0) is 21.1. The van der Waals surface area contributed by atoms with Crippen molar-refractivity contribution >= 4 is 17.5 Å². The highest BCUT2D eigenvalue weighted by Gasteiger charge is 2.66. The highest BCUT2D eigenvalue weighted by Crippen LogP contribution is 2.66. The van der Waals surface area contributed by atoms with Crippen LogP contribution in [0.15, 0.2) is 0 Å². The molecule has 0 aromatic heterocycles. The van der Waals surface area contributed by atoms with Gasteiger partial charge in [-0.1, -0.05) is 20.8 Å². The Bertz CT molecular complexity index is 716. The third-order valence-electron chi connectivity index (χ3n) is 9.87. The van der Waals surface area contributed by atoms with Crippen molar-refractivity contribution in [3.63, 3.8) is 0 Å². The summed E-state index contributed by atoms with van der Waals surface area (Å²) in [4.78, 5) is 38.0. The van der Waals surface area contributed by atoms with Gasteiger partial charge < -0.3 is 10.2 Å². The molecule has 4 aliphatic rings. The van der Waals surface area contributed by atoms with Crippen LogP contribution in [0.4, 0.5) is 0 Å². The number of fused-ring (bicyclic) bond motifs is 5. The first-order valence-electron chi connectivity index (χ1n) is 11.5. The molecule has 0 bridgehead atoms. The molecule has 0 aromatic carbocycles. The van der Waals surface area contributed by atoms with E-state index in [9.17, 15) is 19.5 Å². The van der Waals surface area contributed by atoms with Crippen LogP contribution in [0.2, 0.25) is 0 Å². The first-order chi connectivity index (χ1) is 13.6. The number of rotatable bonds is 4. The van der Waals surface area contributed by atoms with Crippen LogP contribution in [0.25, 0.3) is 0 Å². The average molecular weight is 405 g/mol. The molecule has 2 N–H and O–H groups in total. The van der Waals surface area contributed by atoms with Crippen molar-refractivity contribution in [3.8, 4) is 0 Å². The number of carboxylic acids is 1. The van der Waals surface area contributed by atoms with Crippen LogP contribution in [0.1, 0.15) is 78.6 Å². The molecular formula is C24H36O5. The second kappa shape index (κ2) is 7.18. The van der Waals surface area contributed by atoms with Crippen molar-refractivity contribution in [3.05, 3.63) is 0 Å². The maximum atomic E-state index is 13.6. The number of aliphatic hydroxyl groups is 1. The Morgan fingerprint density at radius 1 is 1.14 bits per heavy atom. The summed E-state index contributed by atoms with van der Waals surface area (Å²) in [5.74, 6) is 0.550. The Morgan fingerprint density at radius 3 is 2.55 bits per heavy atom. The summed E-state index contributed by atoms with van der Waals surface area (Å²) in [6.45, 7) is 6.44. The molecule has 0 amide bonds. The van der Waals surface area contributed by atoms with E-state index in [-0.39, 0.29) is 53.4 Å². The minimum Gasteiger partial charge on any atom is -0.481 e. The lowest BCUT2D eigenvalue weighted by molar-refractivity contribution is -0.168. The molecule has 4 fully saturated rings. The molecule has 162 valence electrons. The van der Waals surface area contributed by atoms with Crippen molar-refractivity contribution in [2.45, 2.75) is 84.7 Å². The van der Waals surface area contributed by atoms with E-state index in [1.165, 1.54) is 0 Å². The normalized spacial score (nSPS) is 47.9. The SMILES string of the molecule is C[C@H](CCC(=O)O)[C@H]1CC[C@H]2C3C(=O)C[C@@H]4C[C@H](O)CC[C@]4(C)[C@H]3CC(=O)[C@]12C. The van der Waals surface area contributed by atoms with Crippen molar-refractivity contribution in [1.82, 2.24) is 0 Å². The Labute approximate surface area is 173 Å². The summed E-state index contributed by atoms with van der Waals surface area (Å²) in [5, 5.41) is 19.2. The van der Waals surface area contributed by atoms with Crippen molar-refractivity contribution in [2.24, 2.45) is 46.3 Å². The third-order valence-corrected chi connectivity index (χ3v) is 9.87. The number of Topliss-reactive ketones (excluding diaryl/α,β-unsaturated/α-hetero) is 2. The van der Waals surface area contributed by atoms with E-state index >= 15 is 0 Å². The average Bonchev–Trinajstić information content (AvgIpc) is 3.01. The number of ketones is 2. The Hall–Kier alpha value is -1.23. The van der Waals surface area contributed by atoms with Crippen LogP contribution >= 0.6 is 0 Å². The van der Waals surface area contributed by atoms with Gasteiger partial charge >= 0.3 is 5.97 Å². The van der Waals surface area contributed by atoms with Crippen LogP contribution in [0, 0.1) is 46.3 Å². The molecule has 9 atom stereocenters. The fraction of sp³-hybridized carbons (Fsp3) is 0.875. The van der Waals surface area contributed by atoms with Crippen LogP contribution in [-0.2, 0) is 14.4 Å². The molecule has 29 heavy (non-hydrogen) atoms. The second-order valence-corrected chi connectivity index (χ2v) is 11.0. The maximum Gasteiger partial charge on any atom is 0.303 e. The number of carbonyl (C=O) groups is 3. The van der Waals surface area contributed by atoms with Gasteiger partial charge in [0.05, 0.1) is 6.10 Å². The lowest BCUT2D eigenvalue weighted by atomic mass is 9.43. The molecular weight excluding hydrogens is 368 g/mol. The van der Waals surface area contributed by atoms with Gasteiger partial charge in [0.1, 0.15) is 11.6 Å². The fourth-order valence-corrected chi connectivity index (χ4v) is 8.13. The number of hydrogen-bond donors (Lipinski definition) is 2. The molecule has 5 nitrogen and oxygen atoms in total. The van der Waals surface area contributed by atoms with Gasteiger partial charge in [0.15, 0.2) is 0 Å². The number of hydrogen-bond acceptors (Lipinski definition) is 4. The first kappa shape index (κ1) is 21.0. The molecule has 5 heteroatoms. The highest BCUT2D eigenvalue weighted by molar-refractivity contribution is 5.92. The Kier molecular flexibility index (Phi) is 5.20. The zero-order valence-corrected chi connectivity index (χ0v) is 18.0. The van der Waals surface area contributed by atoms with Gasteiger partial charge in [0, 0.05) is 30.6 Å². The minimum absolute atomic E-state index is 0.0260. The van der Waals surface area contributed by atoms with Gasteiger partial charge in [-0.2, -0.15) is 0 Å². The summed E-state index contributed by atoms with van der Waals surface area (Å²) < 4.78 is 0. The molecule has 4 rings (SSSR count). The smallest absolute Gasteiger partial charge is 0.303 e. The predicted octanol–water partition coefficient (Wildman–Crippen LogP) is 3.87. The molecule has 4 saturated carbocycles. The number of aliphatic hydroxyl groups excluding tert-OH is 1. The van der Waals surface area contributed by atoms with Crippen molar-refractivity contribution in [2.75, 3.05) is 0 Å². The summed E-state index contributed by atoms with van der Waals surface area (Å²) >= 11 is 0. The zero-order valence-electron chi connectivity index (χ0n) is 18.0. The van der Waals surface area contributed by atoms with Gasteiger partial charge in [0.2, 0.25) is 0 Å². The first-order valence-corrected chi connectivity index (χ1v) is 11.5. The topological polar surface area (TPSA) is 91.7 Å². The number of carboxylic acid groups (broad SMARTS) is 1. The molecule has 1 unspecified atom stereocenters. The van der Waals surface area contributed by atoms with E-state index < -0.39 is 11.4 Å². The van der Waals surface area contributed by atoms with Crippen LogP contribution in [0.3, 0.4) is 0 Å². The quantitative estimate of drug-likeness (QED) is 0.742. The van der Waals surface area contributed by atoms with Crippen molar-refractivity contribution < 1.29 is 24.6 Å². The van der Waals surface area contributed by atoms with E-state index in [2.05, 4.69) is 20.8 Å². The van der Waals surface area contributed by atoms with Gasteiger partial charge in [-0.05, 0) is 73.5 Å². The summed E-state index contributed by atoms with van der Waals surface area (Å²) in [6.07, 6.45) is 5.64. The van der Waals surface area contributed by atoms with Gasteiger partial charge in [-0.15, -0.1) is 0 Å². The summed E-state index contributed by atoms with van der Waals surface area (Å²) in [5.41, 5.74) is -0.520. The maximum absolute atomic E-state index is 13.6. The van der Waals surface area contributed by atoms with E-state index in [0.717, 1.165) is 25.7 Å². The fourth-order valence-electron chi connectivity index (χ4n) is 8.13. The standard InChI is InChI=1S/C24H36O5/c1-13(4-7-21(28)29)16-5-6-17-22-18(12-20(27)24(16,17)3)23(2)9-8-15(25)10-14(23)11-19(22)26/h13-18,22,25H,4-12H2,1-3H3,(H,28,29)/t13-,14+,15-,16-,17+,18+,22?,23+,24-/m1/s1. The van der Waals surface area contributed by atoms with Crippen LogP contribution in [0.5, 0.6) is 0 Å².